The van der Waals surface area contributed by atoms with Crippen molar-refractivity contribution in [2.75, 3.05) is 31.1 Å². The first-order chi connectivity index (χ1) is 12.3. The van der Waals surface area contributed by atoms with Gasteiger partial charge in [0, 0.05) is 38.5 Å². The van der Waals surface area contributed by atoms with Crippen molar-refractivity contribution in [1.82, 2.24) is 25.1 Å². The summed E-state index contributed by atoms with van der Waals surface area (Å²) in [6.07, 6.45) is 2.67. The zero-order valence-corrected chi connectivity index (χ0v) is 13.9. The monoisotopic (exact) mass is 336 g/mol. The van der Waals surface area contributed by atoms with Crippen LogP contribution in [-0.2, 0) is 13.0 Å². The first-order valence-corrected chi connectivity index (χ1v) is 8.72. The van der Waals surface area contributed by atoms with Gasteiger partial charge in [-0.05, 0) is 29.3 Å². The normalized spacial score (nSPS) is 16.7. The number of ether oxygens (including phenoxy) is 1. The fourth-order valence-corrected chi connectivity index (χ4v) is 3.54. The molecule has 7 heteroatoms. The molecule has 1 aromatic carbocycles. The number of fused-ring (bicyclic) bond motifs is 2. The van der Waals surface area contributed by atoms with Crippen molar-refractivity contribution in [1.29, 1.82) is 0 Å². The van der Waals surface area contributed by atoms with Crippen LogP contribution >= 0.6 is 0 Å². The second kappa shape index (κ2) is 6.00. The van der Waals surface area contributed by atoms with E-state index in [0.29, 0.717) is 5.92 Å². The number of hydrogen-bond acceptors (Lipinski definition) is 6. The second-order valence-electron chi connectivity index (χ2n) is 6.77. The quantitative estimate of drug-likeness (QED) is 0.757. The predicted molar refractivity (Wildman–Crippen MR) is 93.8 cm³/mol. The number of nitrogens with one attached hydrogen (secondary N) is 1. The maximum absolute atomic E-state index is 5.56. The molecule has 1 saturated heterocycles. The molecular formula is C18H20N6O. The van der Waals surface area contributed by atoms with E-state index in [9.17, 15) is 0 Å². The molecule has 128 valence electrons. The summed E-state index contributed by atoms with van der Waals surface area (Å²) in [4.78, 5) is 2.29. The van der Waals surface area contributed by atoms with Crippen LogP contribution in [0.1, 0.15) is 11.1 Å². The minimum atomic E-state index is 0.663. The van der Waals surface area contributed by atoms with Gasteiger partial charge < -0.3 is 15.0 Å². The number of benzene rings is 1. The largest absolute Gasteiger partial charge is 0.493 e. The lowest BCUT2D eigenvalue weighted by atomic mass is 10.00. The predicted octanol–water partition coefficient (Wildman–Crippen LogP) is 1.29. The van der Waals surface area contributed by atoms with E-state index in [0.717, 1.165) is 56.4 Å². The van der Waals surface area contributed by atoms with Crippen LogP contribution in [0.5, 0.6) is 5.75 Å². The zero-order chi connectivity index (χ0) is 16.6. The number of rotatable bonds is 5. The number of aromatic nitrogens is 4. The van der Waals surface area contributed by atoms with Crippen LogP contribution in [0.15, 0.2) is 36.7 Å². The summed E-state index contributed by atoms with van der Waals surface area (Å²) in [6.45, 7) is 4.82. The summed E-state index contributed by atoms with van der Waals surface area (Å²) < 4.78 is 7.28. The Labute approximate surface area is 145 Å². The molecule has 1 N–H and O–H groups in total. The minimum Gasteiger partial charge on any atom is -0.493 e. The Morgan fingerprint density at radius 3 is 3.12 bits per heavy atom. The Bertz CT molecular complexity index is 901. The van der Waals surface area contributed by atoms with Gasteiger partial charge in [0.05, 0.1) is 6.61 Å². The van der Waals surface area contributed by atoms with Crippen LogP contribution in [0, 0.1) is 5.92 Å². The van der Waals surface area contributed by atoms with Crippen LogP contribution in [0.25, 0.3) is 5.65 Å². The highest BCUT2D eigenvalue weighted by Crippen LogP contribution is 2.26. The van der Waals surface area contributed by atoms with Gasteiger partial charge in [0.2, 0.25) is 0 Å². The van der Waals surface area contributed by atoms with Gasteiger partial charge in [-0.15, -0.1) is 15.3 Å². The standard InChI is InChI=1S/C18H20N6O/c1-2-16-15(5-6-25-16)7-13(1)8-19-9-14-10-23(11-14)18-4-3-17-21-20-12-24(17)22-18/h1-4,7,12,14,19H,5-6,8-11H2. The van der Waals surface area contributed by atoms with Gasteiger partial charge in [-0.25, -0.2) is 0 Å². The highest BCUT2D eigenvalue weighted by Gasteiger charge is 2.27. The van der Waals surface area contributed by atoms with Gasteiger partial charge >= 0.3 is 0 Å². The van der Waals surface area contributed by atoms with E-state index < -0.39 is 0 Å². The molecule has 0 unspecified atom stereocenters. The molecule has 7 nitrogen and oxygen atoms in total. The van der Waals surface area contributed by atoms with Gasteiger partial charge in [-0.2, -0.15) is 4.52 Å². The smallest absolute Gasteiger partial charge is 0.177 e. The van der Waals surface area contributed by atoms with Crippen LogP contribution in [-0.4, -0.2) is 46.1 Å². The van der Waals surface area contributed by atoms with Crippen molar-refractivity contribution in [2.45, 2.75) is 13.0 Å². The molecule has 0 amide bonds. The molecule has 5 rings (SSSR count). The fraction of sp³-hybridized carbons (Fsp3) is 0.389. The average Bonchev–Trinajstić information content (AvgIpc) is 3.24. The summed E-state index contributed by atoms with van der Waals surface area (Å²) in [5, 5.41) is 16.0. The molecule has 0 saturated carbocycles. The minimum absolute atomic E-state index is 0.663. The zero-order valence-electron chi connectivity index (χ0n) is 13.9. The van der Waals surface area contributed by atoms with E-state index in [1.165, 1.54) is 11.1 Å². The van der Waals surface area contributed by atoms with Crippen molar-refractivity contribution < 1.29 is 4.74 Å². The molecule has 0 bridgehead atoms. The summed E-state index contributed by atoms with van der Waals surface area (Å²) in [5.41, 5.74) is 3.45. The Balaban J connectivity index is 1.11. The highest BCUT2D eigenvalue weighted by atomic mass is 16.5. The van der Waals surface area contributed by atoms with Crippen LogP contribution in [0.3, 0.4) is 0 Å². The highest BCUT2D eigenvalue weighted by molar-refractivity contribution is 5.46. The Morgan fingerprint density at radius 1 is 1.20 bits per heavy atom. The molecule has 2 aliphatic rings. The summed E-state index contributed by atoms with van der Waals surface area (Å²) >= 11 is 0. The van der Waals surface area contributed by atoms with Gasteiger partial charge in [0.1, 0.15) is 17.9 Å². The van der Waals surface area contributed by atoms with Gasteiger partial charge in [0.15, 0.2) is 5.65 Å². The maximum Gasteiger partial charge on any atom is 0.177 e. The van der Waals surface area contributed by atoms with E-state index in [1.807, 2.05) is 12.1 Å². The first kappa shape index (κ1) is 14.7. The fourth-order valence-electron chi connectivity index (χ4n) is 3.54. The SMILES string of the molecule is c1cc2c(cc1CNCC1CN(c3ccc4nncn4n3)C1)CCO2. The first-order valence-electron chi connectivity index (χ1n) is 8.72. The summed E-state index contributed by atoms with van der Waals surface area (Å²) in [5.74, 6) is 2.70. The Morgan fingerprint density at radius 2 is 2.16 bits per heavy atom. The van der Waals surface area contributed by atoms with Gasteiger partial charge in [0.25, 0.3) is 0 Å². The van der Waals surface area contributed by atoms with Crippen LogP contribution in [0.4, 0.5) is 5.82 Å². The average molecular weight is 336 g/mol. The van der Waals surface area contributed by atoms with Gasteiger partial charge in [-0.3, -0.25) is 0 Å². The van der Waals surface area contributed by atoms with E-state index in [1.54, 1.807) is 10.8 Å². The van der Waals surface area contributed by atoms with E-state index in [4.69, 9.17) is 4.74 Å². The molecule has 25 heavy (non-hydrogen) atoms. The molecule has 4 heterocycles. The Hall–Kier alpha value is -2.67. The third-order valence-electron chi connectivity index (χ3n) is 4.94. The van der Waals surface area contributed by atoms with Crippen molar-refractivity contribution in [3.63, 3.8) is 0 Å². The van der Waals surface area contributed by atoms with Crippen molar-refractivity contribution >= 4 is 11.5 Å². The molecule has 2 aliphatic heterocycles. The van der Waals surface area contributed by atoms with E-state index in [-0.39, 0.29) is 0 Å². The molecule has 0 aliphatic carbocycles. The maximum atomic E-state index is 5.56. The summed E-state index contributed by atoms with van der Waals surface area (Å²) in [6, 6.07) is 10.5. The lowest BCUT2D eigenvalue weighted by molar-refractivity contribution is 0.356. The van der Waals surface area contributed by atoms with Crippen LogP contribution < -0.4 is 15.0 Å². The molecule has 1 fully saturated rings. The Kier molecular flexibility index (Phi) is 3.52. The molecule has 3 aromatic rings. The number of anilines is 1. The molecule has 2 aromatic heterocycles. The number of nitrogens with zero attached hydrogens (tertiary/aromatic N) is 5. The molecular weight excluding hydrogens is 316 g/mol. The second-order valence-corrected chi connectivity index (χ2v) is 6.77. The third-order valence-corrected chi connectivity index (χ3v) is 4.94. The van der Waals surface area contributed by atoms with E-state index >= 15 is 0 Å². The van der Waals surface area contributed by atoms with E-state index in [2.05, 4.69) is 43.7 Å². The topological polar surface area (TPSA) is 67.6 Å². The third kappa shape index (κ3) is 2.80. The van der Waals surface area contributed by atoms with Gasteiger partial charge in [-0.1, -0.05) is 12.1 Å². The summed E-state index contributed by atoms with van der Waals surface area (Å²) in [7, 11) is 0. The molecule has 0 atom stereocenters. The number of hydrogen-bond donors (Lipinski definition) is 1. The van der Waals surface area contributed by atoms with Crippen molar-refractivity contribution in [2.24, 2.45) is 5.92 Å². The lowest BCUT2D eigenvalue weighted by Crippen LogP contribution is -2.51. The molecule has 0 radical (unpaired) electrons. The molecule has 0 spiro atoms. The van der Waals surface area contributed by atoms with Crippen molar-refractivity contribution in [3.05, 3.63) is 47.8 Å². The van der Waals surface area contributed by atoms with Crippen molar-refractivity contribution in [3.8, 4) is 5.75 Å². The van der Waals surface area contributed by atoms with Crippen LogP contribution in [0.2, 0.25) is 0 Å². The lowest BCUT2D eigenvalue weighted by Gasteiger charge is -2.40.